The minimum absolute atomic E-state index is 0.0741. The number of nitriles is 4. The zero-order valence-electron chi connectivity index (χ0n) is 34.0. The molecule has 0 aliphatic heterocycles. The highest BCUT2D eigenvalue weighted by Crippen LogP contribution is 2.60. The van der Waals surface area contributed by atoms with E-state index >= 15 is 0 Å². The Kier molecular flexibility index (Phi) is 9.22. The van der Waals surface area contributed by atoms with Crippen LogP contribution in [0.3, 0.4) is 0 Å². The number of hydrogen-bond acceptors (Lipinski definition) is 8. The average molecular weight is 765 g/mol. The molecule has 0 fully saturated rings. The molecule has 4 aliphatic rings. The van der Waals surface area contributed by atoms with E-state index in [1.807, 2.05) is 24.3 Å². The molecule has 0 amide bonds. The molecule has 288 valence electrons. The van der Waals surface area contributed by atoms with E-state index in [4.69, 9.17) is 18.9 Å². The Morgan fingerprint density at radius 2 is 0.914 bits per heavy atom. The minimum Gasteiger partial charge on any atom is -0.497 e. The lowest BCUT2D eigenvalue weighted by Crippen LogP contribution is -2.43. The summed E-state index contributed by atoms with van der Waals surface area (Å²) in [4.78, 5) is 0. The molecule has 0 saturated carbocycles. The summed E-state index contributed by atoms with van der Waals surface area (Å²) in [5.74, 6) is 1.63. The summed E-state index contributed by atoms with van der Waals surface area (Å²) in [5.41, 5.74) is 5.63. The largest absolute Gasteiger partial charge is 0.497 e. The molecule has 6 unspecified atom stereocenters. The van der Waals surface area contributed by atoms with Gasteiger partial charge < -0.3 is 18.9 Å². The van der Waals surface area contributed by atoms with Crippen molar-refractivity contribution >= 4 is 10.8 Å². The van der Waals surface area contributed by atoms with Crippen molar-refractivity contribution in [3.05, 3.63) is 152 Å². The number of fused-ring (bicyclic) bond motifs is 5. The van der Waals surface area contributed by atoms with Gasteiger partial charge in [0.1, 0.15) is 47.3 Å². The van der Waals surface area contributed by atoms with Gasteiger partial charge in [0.25, 0.3) is 0 Å². The Balaban J connectivity index is 1.53. The van der Waals surface area contributed by atoms with Crippen LogP contribution in [0.4, 0.5) is 0 Å². The fraction of sp³-hybridized carbons (Fsp3) is 0.320. The van der Waals surface area contributed by atoms with Crippen molar-refractivity contribution in [2.24, 2.45) is 23.7 Å². The molecule has 0 spiro atoms. The predicted octanol–water partition coefficient (Wildman–Crippen LogP) is 9.85. The minimum atomic E-state index is -0.418. The third-order valence-corrected chi connectivity index (χ3v) is 13.6. The maximum atomic E-state index is 11.1. The molecule has 0 N–H and O–H groups in total. The third-order valence-electron chi connectivity index (χ3n) is 13.6. The molecule has 58 heavy (non-hydrogen) atoms. The lowest BCUT2D eigenvalue weighted by atomic mass is 9.53. The van der Waals surface area contributed by atoms with Gasteiger partial charge in [-0.1, -0.05) is 52.0 Å². The molecule has 0 saturated heterocycles. The van der Waals surface area contributed by atoms with Gasteiger partial charge in [-0.25, -0.2) is 0 Å². The Morgan fingerprint density at radius 1 is 0.517 bits per heavy atom. The maximum Gasteiger partial charge on any atom is 0.119 e. The summed E-state index contributed by atoms with van der Waals surface area (Å²) >= 11 is 0. The smallest absolute Gasteiger partial charge is 0.119 e. The first-order valence-electron chi connectivity index (χ1n) is 19.4. The molecule has 0 bridgehead atoms. The highest BCUT2D eigenvalue weighted by Gasteiger charge is 2.51. The van der Waals surface area contributed by atoms with Gasteiger partial charge in [-0.05, 0) is 139 Å². The molecule has 0 radical (unpaired) electrons. The van der Waals surface area contributed by atoms with Gasteiger partial charge in [0.2, 0.25) is 0 Å². The molecular formula is C50H44N4O4. The summed E-state index contributed by atoms with van der Waals surface area (Å²) in [6.45, 7) is 8.88. The van der Waals surface area contributed by atoms with Crippen LogP contribution in [-0.4, -0.2) is 28.4 Å². The van der Waals surface area contributed by atoms with Crippen LogP contribution >= 0.6 is 0 Å². The summed E-state index contributed by atoms with van der Waals surface area (Å²) in [6.07, 6.45) is 12.6. The second kappa shape index (κ2) is 14.0. The quantitative estimate of drug-likeness (QED) is 0.190. The average Bonchev–Trinajstić information content (AvgIpc) is 3.25. The number of benzene rings is 4. The van der Waals surface area contributed by atoms with Gasteiger partial charge in [-0.2, -0.15) is 21.0 Å². The Labute approximate surface area is 340 Å². The molecule has 4 aromatic carbocycles. The van der Waals surface area contributed by atoms with Crippen molar-refractivity contribution in [1.82, 2.24) is 0 Å². The van der Waals surface area contributed by atoms with Crippen LogP contribution in [0.1, 0.15) is 95.2 Å². The van der Waals surface area contributed by atoms with Crippen molar-refractivity contribution in [2.45, 2.75) is 50.4 Å². The lowest BCUT2D eigenvalue weighted by Gasteiger charge is -2.49. The Hall–Kier alpha value is -6.74. The first kappa shape index (κ1) is 38.1. The molecule has 0 aromatic heterocycles. The fourth-order valence-corrected chi connectivity index (χ4v) is 10.7. The number of ether oxygens (including phenoxy) is 4. The zero-order valence-corrected chi connectivity index (χ0v) is 34.0. The van der Waals surface area contributed by atoms with Gasteiger partial charge in [0.15, 0.2) is 0 Å². The van der Waals surface area contributed by atoms with Crippen LogP contribution in [-0.2, 0) is 20.3 Å². The predicted molar refractivity (Wildman–Crippen MR) is 221 cm³/mol. The molecular weight excluding hydrogens is 721 g/mol. The topological polar surface area (TPSA) is 132 Å². The number of methoxy groups -OCH3 is 4. The zero-order chi connectivity index (χ0) is 41.3. The first-order chi connectivity index (χ1) is 27.9. The SMILES string of the molecule is COC1=CC2C(C=C1)C(c1c(C#N)c(C#N)cc3c(C4c5ccc(OC)cc5C(C)(C)C5C=C(OC)C=CC45)c(C#N)c(C#N)cc13)c1ccc(OC)cc1C2(C)C. The highest BCUT2D eigenvalue weighted by atomic mass is 16.5. The van der Waals surface area contributed by atoms with Gasteiger partial charge in [-0.3, -0.25) is 0 Å². The van der Waals surface area contributed by atoms with E-state index in [2.05, 4.69) is 101 Å². The summed E-state index contributed by atoms with van der Waals surface area (Å²) in [5, 5.41) is 45.3. The van der Waals surface area contributed by atoms with Crippen molar-refractivity contribution in [3.8, 4) is 35.8 Å². The van der Waals surface area contributed by atoms with E-state index in [1.165, 1.54) is 0 Å². The van der Waals surface area contributed by atoms with Crippen LogP contribution in [0.15, 0.2) is 96.5 Å². The van der Waals surface area contributed by atoms with Gasteiger partial charge in [-0.15, -0.1) is 0 Å². The number of rotatable bonds is 6. The molecule has 0 heterocycles. The van der Waals surface area contributed by atoms with Crippen molar-refractivity contribution in [2.75, 3.05) is 28.4 Å². The van der Waals surface area contributed by atoms with Crippen LogP contribution < -0.4 is 9.47 Å². The first-order valence-corrected chi connectivity index (χ1v) is 19.4. The van der Waals surface area contributed by atoms with Crippen LogP contribution in [0.2, 0.25) is 0 Å². The summed E-state index contributed by atoms with van der Waals surface area (Å²) in [7, 11) is 6.62. The number of nitrogens with zero attached hydrogens (tertiary/aromatic N) is 4. The van der Waals surface area contributed by atoms with E-state index in [-0.39, 0.29) is 56.8 Å². The number of allylic oxidation sites excluding steroid dienone is 6. The normalized spacial score (nSPS) is 24.1. The summed E-state index contributed by atoms with van der Waals surface area (Å²) < 4.78 is 23.1. The highest BCUT2D eigenvalue weighted by molar-refractivity contribution is 5.97. The van der Waals surface area contributed by atoms with E-state index in [1.54, 1.807) is 40.6 Å². The Morgan fingerprint density at radius 3 is 1.24 bits per heavy atom. The molecule has 4 aromatic rings. The standard InChI is InChI=1S/C50H44N4O4/c1-49(2)41-19-29(55-5)9-13-33(41)45(34-14-10-30(56-6)20-42(34)49)47-37-17-28(24-52)40(26-54)48(38(37)18-27(23-51)39(47)25-53)46-35-15-11-31(57-7)21-43(35)50(3,4)44-22-32(58-8)12-16-36(44)46/h9-22,33,35,41,43,45-46H,1-8H3. The Bertz CT molecular complexity index is 2540. The van der Waals surface area contributed by atoms with E-state index < -0.39 is 11.8 Å². The summed E-state index contributed by atoms with van der Waals surface area (Å²) in [6, 6.07) is 25.4. The van der Waals surface area contributed by atoms with Crippen LogP contribution in [0.25, 0.3) is 10.8 Å². The van der Waals surface area contributed by atoms with Crippen molar-refractivity contribution in [1.29, 1.82) is 21.0 Å². The monoisotopic (exact) mass is 764 g/mol. The van der Waals surface area contributed by atoms with Gasteiger partial charge in [0.05, 0.1) is 50.7 Å². The second-order valence-electron chi connectivity index (χ2n) is 16.7. The molecule has 4 aliphatic carbocycles. The van der Waals surface area contributed by atoms with Crippen LogP contribution in [0, 0.1) is 69.0 Å². The third kappa shape index (κ3) is 5.44. The maximum absolute atomic E-state index is 11.1. The molecule has 8 heteroatoms. The van der Waals surface area contributed by atoms with Crippen LogP contribution in [0.5, 0.6) is 11.5 Å². The van der Waals surface area contributed by atoms with E-state index in [0.717, 1.165) is 33.8 Å². The van der Waals surface area contributed by atoms with Crippen molar-refractivity contribution < 1.29 is 18.9 Å². The molecule has 6 atom stereocenters. The fourth-order valence-electron chi connectivity index (χ4n) is 10.7. The van der Waals surface area contributed by atoms with Gasteiger partial charge in [0, 0.05) is 11.8 Å². The molecule has 8 nitrogen and oxygen atoms in total. The molecule has 8 rings (SSSR count). The lowest BCUT2D eigenvalue weighted by molar-refractivity contribution is 0.232. The second-order valence-corrected chi connectivity index (χ2v) is 16.7. The van der Waals surface area contributed by atoms with Crippen molar-refractivity contribution in [3.63, 3.8) is 0 Å². The van der Waals surface area contributed by atoms with E-state index in [9.17, 15) is 21.0 Å². The number of hydrogen-bond donors (Lipinski definition) is 0. The van der Waals surface area contributed by atoms with Gasteiger partial charge >= 0.3 is 0 Å². The van der Waals surface area contributed by atoms with E-state index in [0.29, 0.717) is 33.4 Å².